The standard InChI is InChI=1S/C17H20BrNO/c1-3-10-20-14-7-5-13(6-8-14)17(19)15-11-12(2)4-9-16(15)18/h4-9,11,17H,3,10,19H2,1-2H3. The maximum absolute atomic E-state index is 6.37. The van der Waals surface area contributed by atoms with Gasteiger partial charge in [0.2, 0.25) is 0 Å². The summed E-state index contributed by atoms with van der Waals surface area (Å²) in [6.45, 7) is 4.92. The molecule has 0 saturated carbocycles. The fourth-order valence-corrected chi connectivity index (χ4v) is 2.57. The minimum Gasteiger partial charge on any atom is -0.494 e. The molecule has 0 saturated heterocycles. The summed E-state index contributed by atoms with van der Waals surface area (Å²) in [4.78, 5) is 0. The van der Waals surface area contributed by atoms with Crippen LogP contribution < -0.4 is 10.5 Å². The Labute approximate surface area is 129 Å². The van der Waals surface area contributed by atoms with Crippen LogP contribution in [0.15, 0.2) is 46.9 Å². The highest BCUT2D eigenvalue weighted by atomic mass is 79.9. The summed E-state index contributed by atoms with van der Waals surface area (Å²) < 4.78 is 6.63. The number of aryl methyl sites for hydroxylation is 1. The van der Waals surface area contributed by atoms with Gasteiger partial charge in [-0.3, -0.25) is 0 Å². The summed E-state index contributed by atoms with van der Waals surface area (Å²) in [7, 11) is 0. The lowest BCUT2D eigenvalue weighted by atomic mass is 9.98. The second-order valence-corrected chi connectivity index (χ2v) is 5.77. The van der Waals surface area contributed by atoms with Crippen molar-refractivity contribution in [2.45, 2.75) is 26.3 Å². The van der Waals surface area contributed by atoms with Gasteiger partial charge in [-0.05, 0) is 42.7 Å². The second-order valence-electron chi connectivity index (χ2n) is 4.92. The molecule has 0 spiro atoms. The highest BCUT2D eigenvalue weighted by molar-refractivity contribution is 9.10. The molecule has 2 nitrogen and oxygen atoms in total. The van der Waals surface area contributed by atoms with Crippen molar-refractivity contribution in [1.82, 2.24) is 0 Å². The molecule has 0 aliphatic carbocycles. The third kappa shape index (κ3) is 3.62. The predicted octanol–water partition coefficient (Wildman–Crippen LogP) is 4.59. The Hall–Kier alpha value is -1.32. The maximum atomic E-state index is 6.37. The Morgan fingerprint density at radius 3 is 2.50 bits per heavy atom. The van der Waals surface area contributed by atoms with E-state index < -0.39 is 0 Å². The zero-order valence-electron chi connectivity index (χ0n) is 11.9. The number of benzene rings is 2. The normalized spacial score (nSPS) is 12.2. The van der Waals surface area contributed by atoms with Gasteiger partial charge in [0.1, 0.15) is 5.75 Å². The van der Waals surface area contributed by atoms with E-state index in [-0.39, 0.29) is 6.04 Å². The number of ether oxygens (including phenoxy) is 1. The summed E-state index contributed by atoms with van der Waals surface area (Å²) in [5.41, 5.74) is 9.76. The molecule has 0 bridgehead atoms. The third-order valence-corrected chi connectivity index (χ3v) is 3.92. The molecule has 0 aromatic heterocycles. The summed E-state index contributed by atoms with van der Waals surface area (Å²) >= 11 is 3.57. The monoisotopic (exact) mass is 333 g/mol. The molecule has 0 aliphatic rings. The van der Waals surface area contributed by atoms with Gasteiger partial charge in [-0.2, -0.15) is 0 Å². The SMILES string of the molecule is CCCOc1ccc(C(N)c2cc(C)ccc2Br)cc1. The van der Waals surface area contributed by atoms with Gasteiger partial charge in [0.05, 0.1) is 12.6 Å². The smallest absolute Gasteiger partial charge is 0.119 e. The van der Waals surface area contributed by atoms with Crippen molar-refractivity contribution in [2.75, 3.05) is 6.61 Å². The van der Waals surface area contributed by atoms with Crippen molar-refractivity contribution in [2.24, 2.45) is 5.73 Å². The van der Waals surface area contributed by atoms with Crippen LogP contribution in [0.3, 0.4) is 0 Å². The van der Waals surface area contributed by atoms with Crippen LogP contribution in [-0.2, 0) is 0 Å². The first kappa shape index (κ1) is 15.1. The first-order chi connectivity index (χ1) is 9.61. The Morgan fingerprint density at radius 1 is 1.15 bits per heavy atom. The molecule has 3 heteroatoms. The minimum atomic E-state index is -0.135. The van der Waals surface area contributed by atoms with Crippen LogP contribution in [0.1, 0.15) is 36.1 Å². The first-order valence-electron chi connectivity index (χ1n) is 6.86. The minimum absolute atomic E-state index is 0.135. The van der Waals surface area contributed by atoms with E-state index in [2.05, 4.69) is 41.9 Å². The molecule has 0 heterocycles. The van der Waals surface area contributed by atoms with Gasteiger partial charge in [0.15, 0.2) is 0 Å². The van der Waals surface area contributed by atoms with E-state index in [4.69, 9.17) is 10.5 Å². The fraction of sp³-hybridized carbons (Fsp3) is 0.294. The van der Waals surface area contributed by atoms with Crippen LogP contribution in [0, 0.1) is 6.92 Å². The van der Waals surface area contributed by atoms with Crippen molar-refractivity contribution in [3.8, 4) is 5.75 Å². The average molecular weight is 334 g/mol. The van der Waals surface area contributed by atoms with Crippen molar-refractivity contribution in [1.29, 1.82) is 0 Å². The molecule has 0 amide bonds. The molecule has 0 fully saturated rings. The Morgan fingerprint density at radius 2 is 1.85 bits per heavy atom. The Balaban J connectivity index is 2.20. The number of hydrogen-bond acceptors (Lipinski definition) is 2. The third-order valence-electron chi connectivity index (χ3n) is 3.20. The van der Waals surface area contributed by atoms with E-state index in [1.165, 1.54) is 5.56 Å². The summed E-state index contributed by atoms with van der Waals surface area (Å²) in [6, 6.07) is 14.1. The molecule has 2 rings (SSSR count). The van der Waals surface area contributed by atoms with Gasteiger partial charge < -0.3 is 10.5 Å². The number of hydrogen-bond donors (Lipinski definition) is 1. The van der Waals surface area contributed by atoms with Gasteiger partial charge >= 0.3 is 0 Å². The van der Waals surface area contributed by atoms with Crippen molar-refractivity contribution in [3.63, 3.8) is 0 Å². The Bertz CT molecular complexity index is 566. The molecule has 2 aromatic rings. The molecule has 0 radical (unpaired) electrons. The molecule has 2 N–H and O–H groups in total. The van der Waals surface area contributed by atoms with E-state index in [1.807, 2.05) is 30.3 Å². The lowest BCUT2D eigenvalue weighted by Crippen LogP contribution is -2.12. The lowest BCUT2D eigenvalue weighted by Gasteiger charge is -2.16. The summed E-state index contributed by atoms with van der Waals surface area (Å²) in [5.74, 6) is 0.895. The average Bonchev–Trinajstić information content (AvgIpc) is 2.47. The molecule has 0 aliphatic heterocycles. The number of nitrogens with two attached hydrogens (primary N) is 1. The molecule has 1 unspecified atom stereocenters. The van der Waals surface area contributed by atoms with Crippen LogP contribution in [0.5, 0.6) is 5.75 Å². The lowest BCUT2D eigenvalue weighted by molar-refractivity contribution is 0.317. The largest absolute Gasteiger partial charge is 0.494 e. The van der Waals surface area contributed by atoms with Crippen LogP contribution in [0.25, 0.3) is 0 Å². The van der Waals surface area contributed by atoms with Crippen LogP contribution >= 0.6 is 15.9 Å². The molecule has 20 heavy (non-hydrogen) atoms. The van der Waals surface area contributed by atoms with E-state index in [0.29, 0.717) is 0 Å². The van der Waals surface area contributed by atoms with Gasteiger partial charge in [-0.25, -0.2) is 0 Å². The quantitative estimate of drug-likeness (QED) is 0.868. The Kier molecular flexibility index (Phi) is 5.21. The molecule has 106 valence electrons. The first-order valence-corrected chi connectivity index (χ1v) is 7.65. The van der Waals surface area contributed by atoms with Crippen molar-refractivity contribution >= 4 is 15.9 Å². The number of rotatable bonds is 5. The highest BCUT2D eigenvalue weighted by Crippen LogP contribution is 2.28. The maximum Gasteiger partial charge on any atom is 0.119 e. The molecular weight excluding hydrogens is 314 g/mol. The highest BCUT2D eigenvalue weighted by Gasteiger charge is 2.12. The zero-order valence-corrected chi connectivity index (χ0v) is 13.5. The van der Waals surface area contributed by atoms with E-state index in [9.17, 15) is 0 Å². The van der Waals surface area contributed by atoms with Crippen molar-refractivity contribution < 1.29 is 4.74 Å². The number of halogens is 1. The topological polar surface area (TPSA) is 35.2 Å². The second kappa shape index (κ2) is 6.91. The van der Waals surface area contributed by atoms with Gasteiger partial charge in [0.25, 0.3) is 0 Å². The molecule has 1 atom stereocenters. The fourth-order valence-electron chi connectivity index (χ4n) is 2.07. The van der Waals surface area contributed by atoms with Crippen LogP contribution in [0.4, 0.5) is 0 Å². The zero-order chi connectivity index (χ0) is 14.5. The van der Waals surface area contributed by atoms with E-state index in [0.717, 1.165) is 34.4 Å². The van der Waals surface area contributed by atoms with Gasteiger partial charge in [-0.15, -0.1) is 0 Å². The van der Waals surface area contributed by atoms with Crippen molar-refractivity contribution in [3.05, 3.63) is 63.6 Å². The van der Waals surface area contributed by atoms with E-state index >= 15 is 0 Å². The van der Waals surface area contributed by atoms with Gasteiger partial charge in [0, 0.05) is 4.47 Å². The molecular formula is C17H20BrNO. The summed E-state index contributed by atoms with van der Waals surface area (Å²) in [6.07, 6.45) is 1.01. The summed E-state index contributed by atoms with van der Waals surface area (Å²) in [5, 5.41) is 0. The van der Waals surface area contributed by atoms with Crippen LogP contribution in [-0.4, -0.2) is 6.61 Å². The van der Waals surface area contributed by atoms with Gasteiger partial charge in [-0.1, -0.05) is 52.7 Å². The molecule has 2 aromatic carbocycles. The predicted molar refractivity (Wildman–Crippen MR) is 87.1 cm³/mol. The van der Waals surface area contributed by atoms with E-state index in [1.54, 1.807) is 0 Å². The van der Waals surface area contributed by atoms with Crippen LogP contribution in [0.2, 0.25) is 0 Å².